The molecule has 166 valence electrons. The first kappa shape index (κ1) is 22.9. The minimum absolute atomic E-state index is 0.00671. The van der Waals surface area contributed by atoms with Gasteiger partial charge in [-0.25, -0.2) is 13.2 Å². The summed E-state index contributed by atoms with van der Waals surface area (Å²) in [5.74, 6) is -1.25. The molecule has 10 nitrogen and oxygen atoms in total. The van der Waals surface area contributed by atoms with Crippen molar-refractivity contribution >= 4 is 33.0 Å². The minimum atomic E-state index is -3.75. The topological polar surface area (TPSA) is 130 Å². The number of halogens is 1. The van der Waals surface area contributed by atoms with Crippen LogP contribution in [0.25, 0.3) is 0 Å². The van der Waals surface area contributed by atoms with Crippen molar-refractivity contribution in [2.45, 2.75) is 31.2 Å². The normalized spacial score (nSPS) is 14.5. The van der Waals surface area contributed by atoms with Crippen molar-refractivity contribution in [2.75, 3.05) is 12.9 Å². The van der Waals surface area contributed by atoms with E-state index in [1.807, 2.05) is 0 Å². The van der Waals surface area contributed by atoms with E-state index in [0.717, 1.165) is 21.9 Å². The van der Waals surface area contributed by atoms with Gasteiger partial charge in [0.05, 0.1) is 29.3 Å². The van der Waals surface area contributed by atoms with E-state index in [1.165, 1.54) is 19.2 Å². The molecule has 1 aromatic heterocycles. The predicted octanol–water partition coefficient (Wildman–Crippen LogP) is 1.16. The summed E-state index contributed by atoms with van der Waals surface area (Å²) in [5, 5.41) is 7.08. The van der Waals surface area contributed by atoms with Crippen LogP contribution in [-0.2, 0) is 33.0 Å². The number of hydrogen-bond donors (Lipinski definition) is 0. The Morgan fingerprint density at radius 3 is 2.48 bits per heavy atom. The van der Waals surface area contributed by atoms with Crippen molar-refractivity contribution < 1.29 is 22.7 Å². The number of ketones is 2. The van der Waals surface area contributed by atoms with Gasteiger partial charge in [0.25, 0.3) is 0 Å². The molecular formula is C19H21ClN4O6S. The Morgan fingerprint density at radius 2 is 1.97 bits per heavy atom. The molecule has 0 amide bonds. The van der Waals surface area contributed by atoms with Crippen LogP contribution in [0.15, 0.2) is 33.7 Å². The van der Waals surface area contributed by atoms with Crippen LogP contribution in [0, 0.1) is 5.92 Å². The lowest BCUT2D eigenvalue weighted by molar-refractivity contribution is -0.116. The molecule has 1 fully saturated rings. The Labute approximate surface area is 183 Å². The van der Waals surface area contributed by atoms with E-state index >= 15 is 0 Å². The Bertz CT molecular complexity index is 1240. The van der Waals surface area contributed by atoms with E-state index in [0.29, 0.717) is 12.8 Å². The third-order valence-electron chi connectivity index (χ3n) is 4.76. The van der Waals surface area contributed by atoms with Crippen molar-refractivity contribution in [1.29, 1.82) is 0 Å². The van der Waals surface area contributed by atoms with Crippen LogP contribution < -0.4 is 5.69 Å². The molecule has 3 rings (SSSR count). The zero-order valence-corrected chi connectivity index (χ0v) is 18.7. The van der Waals surface area contributed by atoms with Crippen LogP contribution in [0.1, 0.15) is 35.7 Å². The summed E-state index contributed by atoms with van der Waals surface area (Å²) in [5.41, 5.74) is -0.803. The first-order valence-corrected chi connectivity index (χ1v) is 11.7. The van der Waals surface area contributed by atoms with E-state index in [-0.39, 0.29) is 51.5 Å². The number of aromatic nitrogens is 4. The summed E-state index contributed by atoms with van der Waals surface area (Å²) in [6, 6.07) is 2.48. The number of benzene rings is 1. The average Bonchev–Trinajstić information content (AvgIpc) is 3.51. The largest absolute Gasteiger partial charge is 0.501 e. The van der Waals surface area contributed by atoms with Crippen LogP contribution >= 0.6 is 11.6 Å². The van der Waals surface area contributed by atoms with Gasteiger partial charge in [-0.15, -0.1) is 0 Å². The maximum atomic E-state index is 13.2. The standard InChI is InChI=1S/C19H21ClN4O6S/c1-4-30-10-14(17(25)11-5-6-11)18(26)12-7-8-15(31(3,28)29)13(16(12)20)9-24-19(27)23(2)21-22-24/h7-8,10-11H,4-6,9H2,1-3H3/b14-10-. The SMILES string of the molecule is CCO/C=C(\C(=O)c1ccc(S(C)(=O)=O)c(Cn2nnn(C)c2=O)c1Cl)C(=O)C1CC1. The summed E-state index contributed by atoms with van der Waals surface area (Å²) in [6.07, 6.45) is 3.49. The van der Waals surface area contributed by atoms with E-state index in [1.54, 1.807) is 6.92 Å². The molecule has 0 saturated heterocycles. The molecule has 2 aromatic rings. The highest BCUT2D eigenvalue weighted by atomic mass is 35.5. The fourth-order valence-electron chi connectivity index (χ4n) is 2.98. The van der Waals surface area contributed by atoms with Crippen LogP contribution in [0.5, 0.6) is 0 Å². The fourth-order valence-corrected chi connectivity index (χ4v) is 4.27. The molecule has 1 heterocycles. The van der Waals surface area contributed by atoms with Crippen molar-refractivity contribution in [1.82, 2.24) is 19.8 Å². The molecule has 0 atom stereocenters. The first-order chi connectivity index (χ1) is 14.6. The molecule has 1 aromatic carbocycles. The smallest absolute Gasteiger partial charge is 0.363 e. The summed E-state index contributed by atoms with van der Waals surface area (Å²) >= 11 is 6.47. The highest BCUT2D eigenvalue weighted by Crippen LogP contribution is 2.35. The lowest BCUT2D eigenvalue weighted by Crippen LogP contribution is -2.25. The van der Waals surface area contributed by atoms with Gasteiger partial charge in [-0.2, -0.15) is 9.36 Å². The number of aryl methyl sites for hydroxylation is 1. The molecule has 0 radical (unpaired) electrons. The number of rotatable bonds is 9. The molecule has 31 heavy (non-hydrogen) atoms. The molecule has 0 aliphatic heterocycles. The number of carbonyl (C=O) groups is 2. The van der Waals surface area contributed by atoms with E-state index in [2.05, 4.69) is 10.4 Å². The third kappa shape index (κ3) is 4.77. The molecule has 0 spiro atoms. The number of nitrogens with zero attached hydrogens (tertiary/aromatic N) is 4. The molecular weight excluding hydrogens is 448 g/mol. The molecule has 12 heteroatoms. The van der Waals surface area contributed by atoms with Gasteiger partial charge in [0.2, 0.25) is 5.78 Å². The lowest BCUT2D eigenvalue weighted by atomic mass is 9.97. The van der Waals surface area contributed by atoms with Crippen LogP contribution in [-0.4, -0.2) is 52.6 Å². The van der Waals surface area contributed by atoms with Crippen molar-refractivity contribution in [3.63, 3.8) is 0 Å². The van der Waals surface area contributed by atoms with Gasteiger partial charge in [-0.3, -0.25) is 9.59 Å². The third-order valence-corrected chi connectivity index (χ3v) is 6.37. The van der Waals surface area contributed by atoms with E-state index < -0.39 is 21.3 Å². The van der Waals surface area contributed by atoms with Gasteiger partial charge in [0.15, 0.2) is 15.6 Å². The Kier molecular flexibility index (Phi) is 6.46. The van der Waals surface area contributed by atoms with Gasteiger partial charge in [0.1, 0.15) is 5.57 Å². The van der Waals surface area contributed by atoms with Gasteiger partial charge in [0, 0.05) is 30.3 Å². The molecule has 1 saturated carbocycles. The Balaban J connectivity index is 2.12. The Hall–Kier alpha value is -2.79. The summed E-state index contributed by atoms with van der Waals surface area (Å²) in [7, 11) is -2.36. The maximum absolute atomic E-state index is 13.2. The maximum Gasteiger partial charge on any atom is 0.363 e. The second kappa shape index (κ2) is 8.75. The van der Waals surface area contributed by atoms with Gasteiger partial charge >= 0.3 is 5.69 Å². The second-order valence-electron chi connectivity index (χ2n) is 7.17. The van der Waals surface area contributed by atoms with Crippen molar-refractivity contribution in [3.05, 3.63) is 50.6 Å². The average molecular weight is 469 g/mol. The number of tetrazole rings is 1. The number of Topliss-reactive ketones (excluding diaryl/α,β-unsaturated/α-hetero) is 2. The van der Waals surface area contributed by atoms with E-state index in [4.69, 9.17) is 16.3 Å². The monoisotopic (exact) mass is 468 g/mol. The highest BCUT2D eigenvalue weighted by molar-refractivity contribution is 7.90. The quantitative estimate of drug-likeness (QED) is 0.176. The second-order valence-corrected chi connectivity index (χ2v) is 9.54. The number of carbonyl (C=O) groups excluding carboxylic acids is 2. The zero-order valence-electron chi connectivity index (χ0n) is 17.2. The van der Waals surface area contributed by atoms with Crippen LogP contribution in [0.2, 0.25) is 5.02 Å². The van der Waals surface area contributed by atoms with Gasteiger partial charge in [-0.1, -0.05) is 11.6 Å². The number of allylic oxidation sites excluding steroid dienone is 1. The van der Waals surface area contributed by atoms with Crippen LogP contribution in [0.3, 0.4) is 0 Å². The number of ether oxygens (including phenoxy) is 1. The summed E-state index contributed by atoms with van der Waals surface area (Å²) in [4.78, 5) is 37.8. The molecule has 1 aliphatic rings. The van der Waals surface area contributed by atoms with Crippen LogP contribution in [0.4, 0.5) is 0 Å². The van der Waals surface area contributed by atoms with Crippen molar-refractivity contribution in [2.24, 2.45) is 13.0 Å². The molecule has 1 aliphatic carbocycles. The summed E-state index contributed by atoms with van der Waals surface area (Å²) < 4.78 is 31.7. The predicted molar refractivity (Wildman–Crippen MR) is 111 cm³/mol. The number of hydrogen-bond acceptors (Lipinski definition) is 8. The first-order valence-electron chi connectivity index (χ1n) is 9.45. The zero-order chi connectivity index (χ0) is 22.9. The van der Waals surface area contributed by atoms with Gasteiger partial charge in [-0.05, 0) is 42.3 Å². The number of sulfone groups is 1. The molecule has 0 N–H and O–H groups in total. The minimum Gasteiger partial charge on any atom is -0.501 e. The molecule has 0 unspecified atom stereocenters. The van der Waals surface area contributed by atoms with E-state index in [9.17, 15) is 22.8 Å². The molecule has 0 bridgehead atoms. The highest BCUT2D eigenvalue weighted by Gasteiger charge is 2.36. The fraction of sp³-hybridized carbons (Fsp3) is 0.421. The lowest BCUT2D eigenvalue weighted by Gasteiger charge is -2.14. The summed E-state index contributed by atoms with van der Waals surface area (Å²) in [6.45, 7) is 1.65. The van der Waals surface area contributed by atoms with Crippen molar-refractivity contribution in [3.8, 4) is 0 Å². The Morgan fingerprint density at radius 1 is 1.29 bits per heavy atom. The van der Waals surface area contributed by atoms with Gasteiger partial charge < -0.3 is 4.74 Å².